The van der Waals surface area contributed by atoms with E-state index < -0.39 is 0 Å². The van der Waals surface area contributed by atoms with Crippen molar-refractivity contribution in [2.45, 2.75) is 26.0 Å². The van der Waals surface area contributed by atoms with Gasteiger partial charge in [-0.15, -0.1) is 0 Å². The number of hydrogen-bond donors (Lipinski definition) is 1. The highest BCUT2D eigenvalue weighted by Gasteiger charge is 2.27. The first-order valence-electron chi connectivity index (χ1n) is 9.04. The van der Waals surface area contributed by atoms with Crippen molar-refractivity contribution in [3.8, 4) is 5.75 Å². The fourth-order valence-electron chi connectivity index (χ4n) is 3.17. The second-order valence-electron chi connectivity index (χ2n) is 6.65. The first kappa shape index (κ1) is 18.6. The van der Waals surface area contributed by atoms with Crippen molar-refractivity contribution >= 4 is 11.8 Å². The minimum absolute atomic E-state index is 0.0588. The highest BCUT2D eigenvalue weighted by Crippen LogP contribution is 2.19. The zero-order chi connectivity index (χ0) is 18.4. The van der Waals surface area contributed by atoms with Crippen molar-refractivity contribution in [2.24, 2.45) is 0 Å². The second kappa shape index (κ2) is 8.95. The van der Waals surface area contributed by atoms with Gasteiger partial charge in [0.1, 0.15) is 11.9 Å². The molecule has 1 aromatic rings. The van der Waals surface area contributed by atoms with E-state index in [0.29, 0.717) is 39.4 Å². The maximum atomic E-state index is 12.3. The molecule has 2 saturated heterocycles. The van der Waals surface area contributed by atoms with Gasteiger partial charge in [-0.05, 0) is 12.5 Å². The van der Waals surface area contributed by atoms with Crippen LogP contribution in [-0.2, 0) is 20.9 Å². The number of pyridine rings is 1. The van der Waals surface area contributed by atoms with Crippen LogP contribution in [0.5, 0.6) is 5.75 Å². The van der Waals surface area contributed by atoms with Crippen LogP contribution in [-0.4, -0.2) is 78.6 Å². The molecule has 0 bridgehead atoms. The van der Waals surface area contributed by atoms with E-state index in [2.05, 4.69) is 15.2 Å². The van der Waals surface area contributed by atoms with Crippen LogP contribution >= 0.6 is 0 Å². The lowest BCUT2D eigenvalue weighted by atomic mass is 10.3. The predicted octanol–water partition coefficient (Wildman–Crippen LogP) is 0.0296. The summed E-state index contributed by atoms with van der Waals surface area (Å²) in [6.07, 6.45) is 2.63. The van der Waals surface area contributed by atoms with Gasteiger partial charge in [0.05, 0.1) is 32.0 Å². The number of carbonyl (C=O) groups excluding carboxylic acids is 2. The molecule has 1 atom stereocenters. The van der Waals surface area contributed by atoms with E-state index in [1.165, 1.54) is 6.92 Å². The maximum Gasteiger partial charge on any atom is 0.236 e. The Hall–Kier alpha value is -2.19. The summed E-state index contributed by atoms with van der Waals surface area (Å²) in [5.74, 6) is 0.816. The molecule has 2 amide bonds. The minimum atomic E-state index is -0.0884. The summed E-state index contributed by atoms with van der Waals surface area (Å²) in [5.41, 5.74) is 0.759. The molecule has 1 unspecified atom stereocenters. The average molecular weight is 362 g/mol. The molecule has 8 heteroatoms. The summed E-state index contributed by atoms with van der Waals surface area (Å²) in [6, 6.07) is 3.66. The van der Waals surface area contributed by atoms with Gasteiger partial charge in [-0.1, -0.05) is 0 Å². The number of hydrogen-bond acceptors (Lipinski definition) is 6. The monoisotopic (exact) mass is 362 g/mol. The van der Waals surface area contributed by atoms with Gasteiger partial charge < -0.3 is 19.7 Å². The summed E-state index contributed by atoms with van der Waals surface area (Å²) >= 11 is 0. The molecule has 2 aliphatic heterocycles. The summed E-state index contributed by atoms with van der Waals surface area (Å²) in [6.45, 7) is 6.50. The molecule has 0 aliphatic carbocycles. The van der Waals surface area contributed by atoms with Crippen LogP contribution in [0.1, 0.15) is 19.0 Å². The van der Waals surface area contributed by atoms with E-state index in [4.69, 9.17) is 9.47 Å². The molecule has 3 rings (SSSR count). The first-order valence-corrected chi connectivity index (χ1v) is 9.04. The van der Waals surface area contributed by atoms with Gasteiger partial charge in [0.25, 0.3) is 0 Å². The SMILES string of the molecule is CC(=O)NCc1cc(OC2CCN(CC(=O)N3CCOCC3)C2)ccn1. The van der Waals surface area contributed by atoms with E-state index in [1.807, 2.05) is 17.0 Å². The van der Waals surface area contributed by atoms with Crippen LogP contribution in [0.25, 0.3) is 0 Å². The predicted molar refractivity (Wildman–Crippen MR) is 94.6 cm³/mol. The molecule has 1 N–H and O–H groups in total. The number of amides is 2. The number of morpholine rings is 1. The van der Waals surface area contributed by atoms with Gasteiger partial charge >= 0.3 is 0 Å². The quantitative estimate of drug-likeness (QED) is 0.769. The highest BCUT2D eigenvalue weighted by atomic mass is 16.5. The fourth-order valence-corrected chi connectivity index (χ4v) is 3.17. The van der Waals surface area contributed by atoms with Crippen LogP contribution in [0, 0.1) is 0 Å². The normalized spacial score (nSPS) is 20.8. The van der Waals surface area contributed by atoms with Crippen LogP contribution in [0.2, 0.25) is 0 Å². The fraction of sp³-hybridized carbons (Fsp3) is 0.611. The van der Waals surface area contributed by atoms with Crippen molar-refractivity contribution in [3.63, 3.8) is 0 Å². The van der Waals surface area contributed by atoms with Crippen molar-refractivity contribution in [2.75, 3.05) is 45.9 Å². The van der Waals surface area contributed by atoms with Crippen molar-refractivity contribution < 1.29 is 19.1 Å². The van der Waals surface area contributed by atoms with Gasteiger partial charge in [0, 0.05) is 45.4 Å². The van der Waals surface area contributed by atoms with E-state index >= 15 is 0 Å². The van der Waals surface area contributed by atoms with Crippen molar-refractivity contribution in [1.29, 1.82) is 0 Å². The Balaban J connectivity index is 1.46. The summed E-state index contributed by atoms with van der Waals surface area (Å²) < 4.78 is 11.3. The third-order valence-electron chi connectivity index (χ3n) is 4.56. The smallest absolute Gasteiger partial charge is 0.236 e. The lowest BCUT2D eigenvalue weighted by Crippen LogP contribution is -2.45. The van der Waals surface area contributed by atoms with Crippen molar-refractivity contribution in [3.05, 3.63) is 24.0 Å². The second-order valence-corrected chi connectivity index (χ2v) is 6.65. The minimum Gasteiger partial charge on any atom is -0.489 e. The Morgan fingerprint density at radius 2 is 2.15 bits per heavy atom. The van der Waals surface area contributed by atoms with Gasteiger partial charge in [-0.2, -0.15) is 0 Å². The molecule has 3 heterocycles. The first-order chi connectivity index (χ1) is 12.6. The van der Waals surface area contributed by atoms with Crippen LogP contribution in [0.15, 0.2) is 18.3 Å². The number of rotatable bonds is 6. The molecule has 0 aromatic carbocycles. The highest BCUT2D eigenvalue weighted by molar-refractivity contribution is 5.78. The Morgan fingerprint density at radius 1 is 1.35 bits per heavy atom. The molecule has 2 aliphatic rings. The molecular formula is C18H26N4O4. The van der Waals surface area contributed by atoms with E-state index in [-0.39, 0.29) is 17.9 Å². The largest absolute Gasteiger partial charge is 0.489 e. The zero-order valence-corrected chi connectivity index (χ0v) is 15.1. The number of carbonyl (C=O) groups is 2. The zero-order valence-electron chi connectivity index (χ0n) is 15.1. The van der Waals surface area contributed by atoms with Crippen molar-refractivity contribution in [1.82, 2.24) is 20.1 Å². The standard InChI is InChI=1S/C18H26N4O4/c1-14(23)20-11-15-10-16(2-4-19-15)26-17-3-5-21(12-17)13-18(24)22-6-8-25-9-7-22/h2,4,10,17H,3,5-9,11-13H2,1H3,(H,20,23). The van der Waals surface area contributed by atoms with Crippen LogP contribution < -0.4 is 10.1 Å². The summed E-state index contributed by atoms with van der Waals surface area (Å²) in [4.78, 5) is 31.6. The van der Waals surface area contributed by atoms with E-state index in [9.17, 15) is 9.59 Å². The number of likely N-dealkylation sites (tertiary alicyclic amines) is 1. The topological polar surface area (TPSA) is 84.0 Å². The Bertz CT molecular complexity index is 633. The molecule has 0 spiro atoms. The maximum absolute atomic E-state index is 12.3. The van der Waals surface area contributed by atoms with Crippen LogP contribution in [0.4, 0.5) is 0 Å². The third-order valence-corrected chi connectivity index (χ3v) is 4.56. The van der Waals surface area contributed by atoms with E-state index in [0.717, 1.165) is 31.0 Å². The number of aromatic nitrogens is 1. The Labute approximate surface area is 153 Å². The lowest BCUT2D eigenvalue weighted by Gasteiger charge is -2.28. The van der Waals surface area contributed by atoms with Gasteiger partial charge in [0.2, 0.25) is 11.8 Å². The molecule has 0 saturated carbocycles. The van der Waals surface area contributed by atoms with Gasteiger partial charge in [0.15, 0.2) is 0 Å². The molecule has 1 aromatic heterocycles. The Kier molecular flexibility index (Phi) is 6.40. The Morgan fingerprint density at radius 3 is 2.92 bits per heavy atom. The number of nitrogens with zero attached hydrogens (tertiary/aromatic N) is 3. The van der Waals surface area contributed by atoms with Crippen LogP contribution in [0.3, 0.4) is 0 Å². The molecule has 142 valence electrons. The number of ether oxygens (including phenoxy) is 2. The summed E-state index contributed by atoms with van der Waals surface area (Å²) in [5, 5.41) is 2.73. The molecular weight excluding hydrogens is 336 g/mol. The molecule has 0 radical (unpaired) electrons. The van der Waals surface area contributed by atoms with Gasteiger partial charge in [-0.3, -0.25) is 19.5 Å². The number of nitrogens with one attached hydrogen (secondary N) is 1. The molecule has 2 fully saturated rings. The summed E-state index contributed by atoms with van der Waals surface area (Å²) in [7, 11) is 0. The molecule has 8 nitrogen and oxygen atoms in total. The van der Waals surface area contributed by atoms with Gasteiger partial charge in [-0.25, -0.2) is 0 Å². The van der Waals surface area contributed by atoms with E-state index in [1.54, 1.807) is 6.20 Å². The lowest BCUT2D eigenvalue weighted by molar-refractivity contribution is -0.136. The average Bonchev–Trinajstić information content (AvgIpc) is 3.08. The molecule has 26 heavy (non-hydrogen) atoms. The third kappa shape index (κ3) is 5.40.